The molecule has 0 aliphatic rings. The van der Waals surface area contributed by atoms with Crippen LogP contribution in [-0.2, 0) is 0 Å². The number of rotatable bonds is 6. The van der Waals surface area contributed by atoms with Crippen LogP contribution in [0.5, 0.6) is 5.75 Å². The van der Waals surface area contributed by atoms with Gasteiger partial charge >= 0.3 is 0 Å². The molecule has 0 saturated carbocycles. The Morgan fingerprint density at radius 1 is 1.21 bits per heavy atom. The van der Waals surface area contributed by atoms with Gasteiger partial charge in [0.15, 0.2) is 5.13 Å². The van der Waals surface area contributed by atoms with Gasteiger partial charge in [-0.15, -0.1) is 11.8 Å². The van der Waals surface area contributed by atoms with E-state index in [-0.39, 0.29) is 5.91 Å². The van der Waals surface area contributed by atoms with Crippen LogP contribution < -0.4 is 10.1 Å². The van der Waals surface area contributed by atoms with Gasteiger partial charge in [0, 0.05) is 4.90 Å². The first-order valence-corrected chi connectivity index (χ1v) is 9.58. The molecular weight excluding hydrogens is 340 g/mol. The summed E-state index contributed by atoms with van der Waals surface area (Å²) < 4.78 is 6.59. The van der Waals surface area contributed by atoms with Gasteiger partial charge in [-0.3, -0.25) is 10.1 Å². The summed E-state index contributed by atoms with van der Waals surface area (Å²) in [5.41, 5.74) is 1.46. The lowest BCUT2D eigenvalue weighted by Gasteiger charge is -2.07. The van der Waals surface area contributed by atoms with Crippen molar-refractivity contribution in [2.24, 2.45) is 0 Å². The second-order valence-corrected chi connectivity index (χ2v) is 7.27. The van der Waals surface area contributed by atoms with Crippen molar-refractivity contribution < 1.29 is 9.53 Å². The summed E-state index contributed by atoms with van der Waals surface area (Å²) in [6, 6.07) is 13.4. The Bertz CT molecular complexity index is 861. The number of carbonyl (C=O) groups is 1. The van der Waals surface area contributed by atoms with Crippen molar-refractivity contribution >= 4 is 44.4 Å². The van der Waals surface area contributed by atoms with E-state index in [1.807, 2.05) is 49.4 Å². The number of benzene rings is 2. The van der Waals surface area contributed by atoms with Gasteiger partial charge in [0.1, 0.15) is 11.3 Å². The lowest BCUT2D eigenvalue weighted by Crippen LogP contribution is -2.12. The van der Waals surface area contributed by atoms with Crippen molar-refractivity contribution in [1.29, 1.82) is 0 Å². The quantitative estimate of drug-likeness (QED) is 0.626. The van der Waals surface area contributed by atoms with Gasteiger partial charge in [-0.05, 0) is 36.9 Å². The first kappa shape index (κ1) is 16.8. The van der Waals surface area contributed by atoms with Crippen molar-refractivity contribution in [3.8, 4) is 5.75 Å². The summed E-state index contributed by atoms with van der Waals surface area (Å²) in [6.45, 7) is 4.60. The Labute approximate surface area is 149 Å². The maximum atomic E-state index is 12.6. The Hall–Kier alpha value is -2.05. The highest BCUT2D eigenvalue weighted by Gasteiger charge is 2.15. The number of fused-ring (bicyclic) bond motifs is 1. The van der Waals surface area contributed by atoms with Gasteiger partial charge in [-0.1, -0.05) is 36.5 Å². The largest absolute Gasteiger partial charge is 0.492 e. The van der Waals surface area contributed by atoms with E-state index in [2.05, 4.69) is 17.2 Å². The number of ether oxygens (including phenoxy) is 1. The summed E-state index contributed by atoms with van der Waals surface area (Å²) in [5, 5.41) is 3.50. The SMILES string of the molecule is CCOc1cccc2sc(NC(=O)c3ccccc3SCC)nc12. The first-order valence-electron chi connectivity index (χ1n) is 7.78. The molecule has 0 spiro atoms. The summed E-state index contributed by atoms with van der Waals surface area (Å²) in [6.07, 6.45) is 0. The Morgan fingerprint density at radius 2 is 2.04 bits per heavy atom. The molecule has 3 aromatic rings. The molecule has 3 rings (SSSR count). The third kappa shape index (κ3) is 3.55. The Kier molecular flexibility index (Phi) is 5.37. The second kappa shape index (κ2) is 7.68. The number of nitrogens with zero attached hydrogens (tertiary/aromatic N) is 1. The van der Waals surface area contributed by atoms with Crippen LogP contribution in [0.15, 0.2) is 47.4 Å². The summed E-state index contributed by atoms with van der Waals surface area (Å²) in [7, 11) is 0. The summed E-state index contributed by atoms with van der Waals surface area (Å²) in [5.74, 6) is 1.53. The van der Waals surface area contributed by atoms with E-state index in [0.717, 1.165) is 26.6 Å². The molecule has 1 N–H and O–H groups in total. The molecule has 6 heteroatoms. The van der Waals surface area contributed by atoms with Crippen LogP contribution in [0, 0.1) is 0 Å². The lowest BCUT2D eigenvalue weighted by atomic mass is 10.2. The zero-order chi connectivity index (χ0) is 16.9. The van der Waals surface area contributed by atoms with E-state index >= 15 is 0 Å². The molecule has 4 nitrogen and oxygen atoms in total. The van der Waals surface area contributed by atoms with Crippen LogP contribution in [0.3, 0.4) is 0 Å². The number of hydrogen-bond acceptors (Lipinski definition) is 5. The van der Waals surface area contributed by atoms with E-state index < -0.39 is 0 Å². The van der Waals surface area contributed by atoms with E-state index in [1.165, 1.54) is 11.3 Å². The predicted octanol–water partition coefficient (Wildman–Crippen LogP) is 5.06. The van der Waals surface area contributed by atoms with Crippen LogP contribution in [0.25, 0.3) is 10.2 Å². The number of thioether (sulfide) groups is 1. The van der Waals surface area contributed by atoms with Gasteiger partial charge in [-0.25, -0.2) is 4.98 Å². The fourth-order valence-corrected chi connectivity index (χ4v) is 4.03. The molecule has 1 heterocycles. The maximum Gasteiger partial charge on any atom is 0.258 e. The third-order valence-corrected chi connectivity index (χ3v) is 5.23. The molecule has 0 aliphatic heterocycles. The van der Waals surface area contributed by atoms with Crippen molar-refractivity contribution in [1.82, 2.24) is 4.98 Å². The van der Waals surface area contributed by atoms with Crippen LogP contribution >= 0.6 is 23.1 Å². The van der Waals surface area contributed by atoms with Crippen molar-refractivity contribution in [2.45, 2.75) is 18.7 Å². The van der Waals surface area contributed by atoms with Gasteiger partial charge in [0.2, 0.25) is 0 Å². The first-order chi connectivity index (χ1) is 11.7. The van der Waals surface area contributed by atoms with Crippen molar-refractivity contribution in [3.05, 3.63) is 48.0 Å². The molecule has 0 aliphatic carbocycles. The molecule has 1 amide bonds. The van der Waals surface area contributed by atoms with Gasteiger partial charge in [-0.2, -0.15) is 0 Å². The number of thiazole rings is 1. The molecule has 0 bridgehead atoms. The highest BCUT2D eigenvalue weighted by atomic mass is 32.2. The molecule has 0 saturated heterocycles. The van der Waals surface area contributed by atoms with Crippen LogP contribution in [0.4, 0.5) is 5.13 Å². The van der Waals surface area contributed by atoms with Gasteiger partial charge in [0.25, 0.3) is 5.91 Å². The van der Waals surface area contributed by atoms with E-state index in [0.29, 0.717) is 17.3 Å². The number of carbonyl (C=O) groups excluding carboxylic acids is 1. The lowest BCUT2D eigenvalue weighted by molar-refractivity contribution is 0.102. The highest BCUT2D eigenvalue weighted by Crippen LogP contribution is 2.33. The molecule has 0 fully saturated rings. The number of hydrogen-bond donors (Lipinski definition) is 1. The molecule has 0 unspecified atom stereocenters. The Morgan fingerprint density at radius 3 is 2.83 bits per heavy atom. The van der Waals surface area contributed by atoms with Crippen LogP contribution in [-0.4, -0.2) is 23.3 Å². The van der Waals surface area contributed by atoms with E-state index in [9.17, 15) is 4.79 Å². The zero-order valence-electron chi connectivity index (χ0n) is 13.5. The number of nitrogens with one attached hydrogen (secondary N) is 1. The van der Waals surface area contributed by atoms with Crippen LogP contribution in [0.1, 0.15) is 24.2 Å². The maximum absolute atomic E-state index is 12.6. The monoisotopic (exact) mass is 358 g/mol. The number of para-hydroxylation sites is 1. The summed E-state index contributed by atoms with van der Waals surface area (Å²) >= 11 is 3.11. The minimum Gasteiger partial charge on any atom is -0.492 e. The fraction of sp³-hybridized carbons (Fsp3) is 0.222. The molecule has 124 valence electrons. The average molecular weight is 358 g/mol. The molecule has 2 aromatic carbocycles. The van der Waals surface area contributed by atoms with Gasteiger partial charge in [0.05, 0.1) is 16.9 Å². The van der Waals surface area contributed by atoms with Gasteiger partial charge < -0.3 is 4.74 Å². The second-order valence-electron chi connectivity index (χ2n) is 4.94. The highest BCUT2D eigenvalue weighted by molar-refractivity contribution is 7.99. The molecule has 0 atom stereocenters. The number of aromatic nitrogens is 1. The Balaban J connectivity index is 1.87. The van der Waals surface area contributed by atoms with E-state index in [1.54, 1.807) is 11.8 Å². The normalized spacial score (nSPS) is 10.8. The topological polar surface area (TPSA) is 51.2 Å². The molecule has 1 aromatic heterocycles. The van der Waals surface area contributed by atoms with Crippen molar-refractivity contribution in [2.75, 3.05) is 17.7 Å². The molecular formula is C18H18N2O2S2. The third-order valence-electron chi connectivity index (χ3n) is 3.33. The van der Waals surface area contributed by atoms with Crippen molar-refractivity contribution in [3.63, 3.8) is 0 Å². The van der Waals surface area contributed by atoms with Crippen LogP contribution in [0.2, 0.25) is 0 Å². The minimum atomic E-state index is -0.136. The fourth-order valence-electron chi connectivity index (χ4n) is 2.35. The standard InChI is InChI=1S/C18H18N2O2S2/c1-3-22-13-9-7-11-15-16(13)19-18(24-15)20-17(21)12-8-5-6-10-14(12)23-4-2/h5-11H,3-4H2,1-2H3,(H,19,20,21). The molecule has 0 radical (unpaired) electrons. The number of anilines is 1. The molecule has 24 heavy (non-hydrogen) atoms. The van der Waals surface area contributed by atoms with E-state index in [4.69, 9.17) is 4.74 Å². The number of amides is 1. The predicted molar refractivity (Wildman–Crippen MR) is 102 cm³/mol. The summed E-state index contributed by atoms with van der Waals surface area (Å²) in [4.78, 5) is 18.1. The minimum absolute atomic E-state index is 0.136. The average Bonchev–Trinajstić information content (AvgIpc) is 2.99. The zero-order valence-corrected chi connectivity index (χ0v) is 15.2. The smallest absolute Gasteiger partial charge is 0.258 e.